The number of carbonyl (C=O) groups is 3. The first-order valence-electron chi connectivity index (χ1n) is 6.11. The highest BCUT2D eigenvalue weighted by Crippen LogP contribution is 2.05. The second-order valence-corrected chi connectivity index (χ2v) is 4.33. The lowest BCUT2D eigenvalue weighted by atomic mass is 10.1. The molecule has 1 unspecified atom stereocenters. The zero-order valence-corrected chi connectivity index (χ0v) is 11.0. The number of primary amides is 2. The van der Waals surface area contributed by atoms with Crippen molar-refractivity contribution in [3.63, 3.8) is 0 Å². The highest BCUT2D eigenvalue weighted by molar-refractivity contribution is 5.97. The van der Waals surface area contributed by atoms with Crippen molar-refractivity contribution in [3.05, 3.63) is 35.4 Å². The number of carbonyl (C=O) groups excluding carboxylic acids is 3. The van der Waals surface area contributed by atoms with Crippen molar-refractivity contribution in [3.8, 4) is 0 Å². The summed E-state index contributed by atoms with van der Waals surface area (Å²) in [7, 11) is 0. The average molecular weight is 278 g/mol. The van der Waals surface area contributed by atoms with E-state index in [1.54, 1.807) is 24.3 Å². The van der Waals surface area contributed by atoms with E-state index in [1.165, 1.54) is 0 Å². The molecule has 20 heavy (non-hydrogen) atoms. The Bertz CT molecular complexity index is 499. The van der Waals surface area contributed by atoms with Gasteiger partial charge in [0.25, 0.3) is 5.91 Å². The van der Waals surface area contributed by atoms with Gasteiger partial charge in [-0.05, 0) is 24.1 Å². The van der Waals surface area contributed by atoms with Gasteiger partial charge >= 0.3 is 0 Å². The van der Waals surface area contributed by atoms with Crippen molar-refractivity contribution in [2.75, 3.05) is 0 Å². The molecule has 7 heteroatoms. The molecule has 0 aliphatic heterocycles. The highest BCUT2D eigenvalue weighted by atomic mass is 16.2. The van der Waals surface area contributed by atoms with Crippen molar-refractivity contribution in [1.82, 2.24) is 5.32 Å². The van der Waals surface area contributed by atoms with E-state index in [0.29, 0.717) is 12.1 Å². The molecule has 0 spiro atoms. The van der Waals surface area contributed by atoms with E-state index in [9.17, 15) is 14.4 Å². The molecule has 0 aliphatic rings. The van der Waals surface area contributed by atoms with E-state index in [-0.39, 0.29) is 12.8 Å². The van der Waals surface area contributed by atoms with Gasteiger partial charge in [0.1, 0.15) is 6.04 Å². The normalized spacial score (nSPS) is 11.7. The minimum Gasteiger partial charge on any atom is -0.370 e. The quantitative estimate of drug-likeness (QED) is 0.507. The van der Waals surface area contributed by atoms with Gasteiger partial charge in [-0.25, -0.2) is 0 Å². The number of rotatable bonds is 7. The number of benzene rings is 1. The Kier molecular flexibility index (Phi) is 5.67. The monoisotopic (exact) mass is 278 g/mol. The van der Waals surface area contributed by atoms with E-state index in [1.807, 2.05) is 0 Å². The summed E-state index contributed by atoms with van der Waals surface area (Å²) in [6, 6.07) is 5.71. The number of amides is 3. The maximum atomic E-state index is 11.9. The molecule has 0 saturated carbocycles. The molecule has 0 aromatic heterocycles. The van der Waals surface area contributed by atoms with Crippen molar-refractivity contribution in [2.24, 2.45) is 17.2 Å². The summed E-state index contributed by atoms with van der Waals surface area (Å²) in [4.78, 5) is 33.9. The molecule has 1 aromatic rings. The number of hydrogen-bond donors (Lipinski definition) is 4. The molecule has 0 bridgehead atoms. The molecule has 0 fully saturated rings. The Morgan fingerprint density at radius 1 is 1.10 bits per heavy atom. The van der Waals surface area contributed by atoms with Crippen LogP contribution in [0, 0.1) is 0 Å². The van der Waals surface area contributed by atoms with Gasteiger partial charge in [-0.3, -0.25) is 14.4 Å². The van der Waals surface area contributed by atoms with Gasteiger partial charge in [0.05, 0.1) is 0 Å². The molecule has 0 radical (unpaired) electrons. The summed E-state index contributed by atoms with van der Waals surface area (Å²) in [6.07, 6.45) is 0.0529. The van der Waals surface area contributed by atoms with Crippen LogP contribution in [-0.4, -0.2) is 23.8 Å². The summed E-state index contributed by atoms with van der Waals surface area (Å²) >= 11 is 0. The molecular formula is C13H18N4O3. The topological polar surface area (TPSA) is 141 Å². The summed E-state index contributed by atoms with van der Waals surface area (Å²) in [6.45, 7) is 0.379. The van der Waals surface area contributed by atoms with Crippen LogP contribution in [0.2, 0.25) is 0 Å². The Balaban J connectivity index is 2.69. The highest BCUT2D eigenvalue weighted by Gasteiger charge is 2.19. The van der Waals surface area contributed by atoms with Crippen molar-refractivity contribution in [2.45, 2.75) is 25.4 Å². The van der Waals surface area contributed by atoms with Gasteiger partial charge in [-0.2, -0.15) is 0 Å². The van der Waals surface area contributed by atoms with Gasteiger partial charge in [-0.1, -0.05) is 12.1 Å². The molecular weight excluding hydrogens is 260 g/mol. The van der Waals surface area contributed by atoms with Crippen LogP contribution in [0.5, 0.6) is 0 Å². The van der Waals surface area contributed by atoms with E-state index in [2.05, 4.69) is 5.32 Å². The van der Waals surface area contributed by atoms with Crippen LogP contribution in [0.4, 0.5) is 0 Å². The third-order valence-electron chi connectivity index (χ3n) is 2.78. The fourth-order valence-electron chi connectivity index (χ4n) is 1.61. The fourth-order valence-corrected chi connectivity index (χ4v) is 1.61. The summed E-state index contributed by atoms with van der Waals surface area (Å²) in [5, 5.41) is 2.47. The van der Waals surface area contributed by atoms with Crippen molar-refractivity contribution >= 4 is 17.7 Å². The second kappa shape index (κ2) is 7.25. The number of hydrogen-bond acceptors (Lipinski definition) is 4. The summed E-state index contributed by atoms with van der Waals surface area (Å²) < 4.78 is 0. The largest absolute Gasteiger partial charge is 0.370 e. The minimum absolute atomic E-state index is 0.0278. The second-order valence-electron chi connectivity index (χ2n) is 4.33. The van der Waals surface area contributed by atoms with Gasteiger partial charge in [0, 0.05) is 18.5 Å². The molecule has 0 aliphatic carbocycles. The van der Waals surface area contributed by atoms with E-state index < -0.39 is 23.8 Å². The molecule has 0 saturated heterocycles. The molecule has 1 atom stereocenters. The molecule has 1 rings (SSSR count). The van der Waals surface area contributed by atoms with Crippen molar-refractivity contribution < 1.29 is 14.4 Å². The molecule has 7 N–H and O–H groups in total. The molecule has 3 amide bonds. The molecule has 1 aromatic carbocycles. The third-order valence-corrected chi connectivity index (χ3v) is 2.78. The standard InChI is InChI=1S/C13H18N4O3/c14-7-8-1-3-9(4-2-8)13(20)17-10(12(16)19)5-6-11(15)18/h1-4,10H,5-7,14H2,(H2,15,18)(H2,16,19)(H,17,20). The van der Waals surface area contributed by atoms with Crippen molar-refractivity contribution in [1.29, 1.82) is 0 Å². The molecule has 7 nitrogen and oxygen atoms in total. The third kappa shape index (κ3) is 4.69. The first-order chi connectivity index (χ1) is 9.43. The summed E-state index contributed by atoms with van der Waals surface area (Å²) in [5.41, 5.74) is 16.9. The lowest BCUT2D eigenvalue weighted by Crippen LogP contribution is -2.44. The van der Waals surface area contributed by atoms with Crippen LogP contribution in [0.3, 0.4) is 0 Å². The predicted octanol–water partition coefficient (Wildman–Crippen LogP) is -1.01. The first kappa shape index (κ1) is 15.6. The van der Waals surface area contributed by atoms with E-state index in [0.717, 1.165) is 5.56 Å². The van der Waals surface area contributed by atoms with Crippen LogP contribution in [-0.2, 0) is 16.1 Å². The van der Waals surface area contributed by atoms with Gasteiger partial charge in [-0.15, -0.1) is 0 Å². The average Bonchev–Trinajstić information content (AvgIpc) is 2.42. The number of nitrogens with two attached hydrogens (primary N) is 3. The lowest BCUT2D eigenvalue weighted by Gasteiger charge is -2.14. The zero-order valence-electron chi connectivity index (χ0n) is 11.0. The lowest BCUT2D eigenvalue weighted by molar-refractivity contribution is -0.120. The minimum atomic E-state index is -0.927. The Hall–Kier alpha value is -2.41. The zero-order chi connectivity index (χ0) is 15.1. The maximum absolute atomic E-state index is 11.9. The first-order valence-corrected chi connectivity index (χ1v) is 6.11. The van der Waals surface area contributed by atoms with Gasteiger partial charge in [0.15, 0.2) is 0 Å². The number of nitrogens with one attached hydrogen (secondary N) is 1. The van der Waals surface area contributed by atoms with Crippen LogP contribution in [0.15, 0.2) is 24.3 Å². The van der Waals surface area contributed by atoms with Crippen LogP contribution < -0.4 is 22.5 Å². The van der Waals surface area contributed by atoms with Gasteiger partial charge < -0.3 is 22.5 Å². The Morgan fingerprint density at radius 3 is 2.15 bits per heavy atom. The van der Waals surface area contributed by atoms with E-state index >= 15 is 0 Å². The predicted molar refractivity (Wildman–Crippen MR) is 73.2 cm³/mol. The van der Waals surface area contributed by atoms with Crippen LogP contribution in [0.1, 0.15) is 28.8 Å². The summed E-state index contributed by atoms with van der Waals surface area (Å²) in [5.74, 6) is -1.71. The molecule has 108 valence electrons. The SMILES string of the molecule is NCc1ccc(C(=O)NC(CCC(N)=O)C(N)=O)cc1. The maximum Gasteiger partial charge on any atom is 0.251 e. The Morgan fingerprint density at radius 2 is 1.70 bits per heavy atom. The van der Waals surface area contributed by atoms with Crippen LogP contribution in [0.25, 0.3) is 0 Å². The Labute approximate surface area is 116 Å². The van der Waals surface area contributed by atoms with Crippen LogP contribution >= 0.6 is 0 Å². The van der Waals surface area contributed by atoms with E-state index in [4.69, 9.17) is 17.2 Å². The smallest absolute Gasteiger partial charge is 0.251 e. The fraction of sp³-hybridized carbons (Fsp3) is 0.308. The molecule has 0 heterocycles. The van der Waals surface area contributed by atoms with Gasteiger partial charge in [0.2, 0.25) is 11.8 Å².